The van der Waals surface area contributed by atoms with Gasteiger partial charge in [0.1, 0.15) is 0 Å². The summed E-state index contributed by atoms with van der Waals surface area (Å²) in [5.41, 5.74) is 2.21. The first-order valence-corrected chi connectivity index (χ1v) is 7.84. The molecule has 0 saturated carbocycles. The fourth-order valence-corrected chi connectivity index (χ4v) is 2.47. The zero-order chi connectivity index (χ0) is 17.5. The number of rotatable bonds is 6. The summed E-state index contributed by atoms with van der Waals surface area (Å²) >= 11 is 5.97. The second-order valence-corrected chi connectivity index (χ2v) is 5.29. The number of halogens is 1. The Balaban J connectivity index is 2.63. The van der Waals surface area contributed by atoms with Gasteiger partial charge in [0.25, 0.3) is 0 Å². The fraction of sp³-hybridized carbons (Fsp3) is 0.211. The minimum Gasteiger partial charge on any atom is -0.493 e. The highest BCUT2D eigenvalue weighted by molar-refractivity contribution is 6.30. The zero-order valence-corrected chi connectivity index (χ0v) is 14.6. The van der Waals surface area contributed by atoms with E-state index in [2.05, 4.69) is 0 Å². The number of para-hydroxylation sites is 1. The van der Waals surface area contributed by atoms with E-state index in [9.17, 15) is 4.79 Å². The first-order chi connectivity index (χ1) is 11.6. The van der Waals surface area contributed by atoms with Gasteiger partial charge in [0.2, 0.25) is 0 Å². The number of carbonyl (C=O) groups is 1. The van der Waals surface area contributed by atoms with Crippen LogP contribution in [0.3, 0.4) is 0 Å². The Morgan fingerprint density at radius 2 is 1.79 bits per heavy atom. The van der Waals surface area contributed by atoms with E-state index in [-0.39, 0.29) is 0 Å². The monoisotopic (exact) mass is 346 g/mol. The van der Waals surface area contributed by atoms with Gasteiger partial charge >= 0.3 is 5.97 Å². The van der Waals surface area contributed by atoms with Crippen LogP contribution in [0, 0.1) is 0 Å². The van der Waals surface area contributed by atoms with E-state index >= 15 is 0 Å². The van der Waals surface area contributed by atoms with Crippen molar-refractivity contribution in [1.82, 2.24) is 0 Å². The van der Waals surface area contributed by atoms with E-state index in [1.165, 1.54) is 6.08 Å². The number of hydrogen-bond acceptors (Lipinski definition) is 4. The second kappa shape index (κ2) is 8.41. The van der Waals surface area contributed by atoms with Crippen LogP contribution < -0.4 is 9.47 Å². The van der Waals surface area contributed by atoms with Gasteiger partial charge in [-0.15, -0.1) is 0 Å². The molecule has 2 aromatic carbocycles. The molecule has 2 aromatic rings. The fourth-order valence-electron chi connectivity index (χ4n) is 2.35. The second-order valence-electron chi connectivity index (χ2n) is 4.86. The van der Waals surface area contributed by atoms with Crippen molar-refractivity contribution < 1.29 is 19.0 Å². The highest BCUT2D eigenvalue weighted by Crippen LogP contribution is 2.38. The molecule has 4 nitrogen and oxygen atoms in total. The van der Waals surface area contributed by atoms with E-state index in [0.717, 1.165) is 11.1 Å². The Kier molecular flexibility index (Phi) is 6.27. The summed E-state index contributed by atoms with van der Waals surface area (Å²) in [6.07, 6.45) is 1.45. The molecule has 5 heteroatoms. The van der Waals surface area contributed by atoms with Gasteiger partial charge in [-0.1, -0.05) is 35.9 Å². The van der Waals surface area contributed by atoms with Crippen molar-refractivity contribution in [2.75, 3.05) is 20.8 Å². The summed E-state index contributed by atoms with van der Waals surface area (Å²) in [5.74, 6) is 0.705. The van der Waals surface area contributed by atoms with Crippen LogP contribution in [0.4, 0.5) is 0 Å². The van der Waals surface area contributed by atoms with Crippen LogP contribution in [0.25, 0.3) is 5.57 Å². The molecule has 0 saturated heterocycles. The average Bonchev–Trinajstić information content (AvgIpc) is 2.60. The molecule has 0 radical (unpaired) electrons. The summed E-state index contributed by atoms with van der Waals surface area (Å²) in [6.45, 7) is 2.07. The highest BCUT2D eigenvalue weighted by atomic mass is 35.5. The highest BCUT2D eigenvalue weighted by Gasteiger charge is 2.16. The Morgan fingerprint density at radius 1 is 1.08 bits per heavy atom. The van der Waals surface area contributed by atoms with Gasteiger partial charge in [-0.3, -0.25) is 0 Å². The lowest BCUT2D eigenvalue weighted by Gasteiger charge is -2.15. The van der Waals surface area contributed by atoms with E-state index in [4.69, 9.17) is 25.8 Å². The minimum absolute atomic E-state index is 0.304. The summed E-state index contributed by atoms with van der Waals surface area (Å²) in [6, 6.07) is 12.7. The van der Waals surface area contributed by atoms with Gasteiger partial charge in [0.15, 0.2) is 11.5 Å². The molecule has 2 rings (SSSR count). The lowest BCUT2D eigenvalue weighted by Crippen LogP contribution is -2.03. The molecule has 0 spiro atoms. The molecular formula is C19H19ClO4. The number of carbonyl (C=O) groups excluding carboxylic acids is 1. The Labute approximate surface area is 146 Å². The number of hydrogen-bond donors (Lipinski definition) is 0. The molecule has 0 fully saturated rings. The van der Waals surface area contributed by atoms with Crippen LogP contribution in [-0.4, -0.2) is 26.8 Å². The number of ether oxygens (including phenoxy) is 3. The lowest BCUT2D eigenvalue weighted by atomic mass is 9.96. The molecule has 0 aliphatic carbocycles. The Bertz CT molecular complexity index is 736. The molecule has 0 heterocycles. The van der Waals surface area contributed by atoms with Crippen LogP contribution in [-0.2, 0) is 9.53 Å². The number of methoxy groups -OCH3 is 2. The third-order valence-corrected chi connectivity index (χ3v) is 3.65. The molecule has 0 N–H and O–H groups in total. The minimum atomic E-state index is -0.424. The molecule has 0 unspecified atom stereocenters. The predicted octanol–water partition coefficient (Wildman–Crippen LogP) is 4.35. The molecule has 0 atom stereocenters. The maximum atomic E-state index is 12.0. The van der Waals surface area contributed by atoms with Crippen LogP contribution in [0.2, 0.25) is 5.02 Å². The van der Waals surface area contributed by atoms with Crippen molar-refractivity contribution in [1.29, 1.82) is 0 Å². The standard InChI is InChI=1S/C19H19ClO4/c1-4-24-18(21)12-16(13-8-10-14(20)11-9-13)15-6-5-7-17(22-2)19(15)23-3/h5-12H,4H2,1-3H3. The third kappa shape index (κ3) is 4.09. The van der Waals surface area contributed by atoms with Crippen molar-refractivity contribution >= 4 is 23.1 Å². The largest absolute Gasteiger partial charge is 0.493 e. The molecule has 0 aliphatic rings. The molecule has 0 aliphatic heterocycles. The summed E-state index contributed by atoms with van der Waals surface area (Å²) in [7, 11) is 3.13. The van der Waals surface area contributed by atoms with Gasteiger partial charge in [-0.25, -0.2) is 4.79 Å². The maximum absolute atomic E-state index is 12.0. The summed E-state index contributed by atoms with van der Waals surface area (Å²) < 4.78 is 15.9. The maximum Gasteiger partial charge on any atom is 0.331 e. The molecule has 0 aromatic heterocycles. The lowest BCUT2D eigenvalue weighted by molar-refractivity contribution is -0.137. The molecule has 0 bridgehead atoms. The quantitative estimate of drug-likeness (QED) is 0.576. The predicted molar refractivity (Wildman–Crippen MR) is 94.7 cm³/mol. The van der Waals surface area contributed by atoms with Crippen molar-refractivity contribution in [3.05, 3.63) is 64.7 Å². The number of benzene rings is 2. The molecule has 24 heavy (non-hydrogen) atoms. The van der Waals surface area contributed by atoms with Gasteiger partial charge in [0, 0.05) is 16.7 Å². The summed E-state index contributed by atoms with van der Waals surface area (Å²) in [5, 5.41) is 0.617. The van der Waals surface area contributed by atoms with Gasteiger partial charge in [-0.2, -0.15) is 0 Å². The van der Waals surface area contributed by atoms with E-state index in [1.54, 1.807) is 39.3 Å². The summed E-state index contributed by atoms with van der Waals surface area (Å²) in [4.78, 5) is 12.0. The van der Waals surface area contributed by atoms with Crippen LogP contribution in [0.15, 0.2) is 48.5 Å². The van der Waals surface area contributed by atoms with E-state index < -0.39 is 5.97 Å². The normalized spacial score (nSPS) is 11.1. The van der Waals surface area contributed by atoms with Crippen LogP contribution in [0.5, 0.6) is 11.5 Å². The first kappa shape index (κ1) is 17.9. The van der Waals surface area contributed by atoms with E-state index in [1.807, 2.05) is 24.3 Å². The topological polar surface area (TPSA) is 44.8 Å². The van der Waals surface area contributed by atoms with Crippen LogP contribution >= 0.6 is 11.6 Å². The van der Waals surface area contributed by atoms with Crippen LogP contribution in [0.1, 0.15) is 18.1 Å². The first-order valence-electron chi connectivity index (χ1n) is 7.46. The zero-order valence-electron chi connectivity index (χ0n) is 13.8. The van der Waals surface area contributed by atoms with Gasteiger partial charge in [0.05, 0.1) is 20.8 Å². The van der Waals surface area contributed by atoms with Gasteiger partial charge < -0.3 is 14.2 Å². The molecule has 126 valence electrons. The third-order valence-electron chi connectivity index (χ3n) is 3.40. The smallest absolute Gasteiger partial charge is 0.331 e. The van der Waals surface area contributed by atoms with Crippen molar-refractivity contribution in [2.24, 2.45) is 0 Å². The SMILES string of the molecule is CCOC(=O)C=C(c1ccc(Cl)cc1)c1cccc(OC)c1OC. The number of esters is 1. The van der Waals surface area contributed by atoms with Crippen molar-refractivity contribution in [3.63, 3.8) is 0 Å². The van der Waals surface area contributed by atoms with Crippen molar-refractivity contribution in [3.8, 4) is 11.5 Å². The Morgan fingerprint density at radius 3 is 2.38 bits per heavy atom. The Hall–Kier alpha value is -2.46. The molecule has 0 amide bonds. The van der Waals surface area contributed by atoms with Crippen molar-refractivity contribution in [2.45, 2.75) is 6.92 Å². The molecular weight excluding hydrogens is 328 g/mol. The van der Waals surface area contributed by atoms with Gasteiger partial charge in [-0.05, 0) is 36.3 Å². The van der Waals surface area contributed by atoms with E-state index in [0.29, 0.717) is 28.7 Å². The average molecular weight is 347 g/mol.